The third kappa shape index (κ3) is 5.69. The van der Waals surface area contributed by atoms with Gasteiger partial charge in [0.1, 0.15) is 11.0 Å². The van der Waals surface area contributed by atoms with Crippen LogP contribution in [0.5, 0.6) is 5.75 Å². The number of hydrogen-bond donors (Lipinski definition) is 2. The average Bonchev–Trinajstić information content (AvgIpc) is 2.87. The van der Waals surface area contributed by atoms with Gasteiger partial charge < -0.3 is 15.2 Å². The molecule has 0 radical (unpaired) electrons. The molecule has 8 heteroatoms. The van der Waals surface area contributed by atoms with Gasteiger partial charge in [0.15, 0.2) is 5.17 Å². The molecule has 0 aliphatic carbocycles. The van der Waals surface area contributed by atoms with Crippen LogP contribution in [0.1, 0.15) is 31.7 Å². The van der Waals surface area contributed by atoms with Crippen molar-refractivity contribution in [2.75, 3.05) is 6.61 Å². The van der Waals surface area contributed by atoms with Gasteiger partial charge in [-0.15, -0.1) is 5.10 Å². The lowest BCUT2D eigenvalue weighted by atomic mass is 10.2. The minimum atomic E-state index is -1.02. The van der Waals surface area contributed by atoms with Crippen LogP contribution in [0.15, 0.2) is 34.5 Å². The molecule has 0 bridgehead atoms. The number of benzene rings is 1. The number of carboxylic acid groups (broad SMARTS) is 1. The number of hydrogen-bond acceptors (Lipinski definition) is 6. The molecule has 1 unspecified atom stereocenters. The molecule has 1 aromatic rings. The fourth-order valence-electron chi connectivity index (χ4n) is 1.91. The van der Waals surface area contributed by atoms with Gasteiger partial charge in [-0.25, -0.2) is 0 Å². The molecule has 2 rings (SSSR count). The van der Waals surface area contributed by atoms with Gasteiger partial charge >= 0.3 is 5.97 Å². The van der Waals surface area contributed by atoms with E-state index in [2.05, 4.69) is 22.4 Å². The van der Waals surface area contributed by atoms with Crippen LogP contribution in [0.25, 0.3) is 0 Å². The molecule has 1 atom stereocenters. The Morgan fingerprint density at radius 1 is 1.50 bits per heavy atom. The summed E-state index contributed by atoms with van der Waals surface area (Å²) in [4.78, 5) is 22.2. The van der Waals surface area contributed by atoms with Gasteiger partial charge in [0.05, 0.1) is 19.2 Å². The van der Waals surface area contributed by atoms with Crippen LogP contribution < -0.4 is 10.1 Å². The summed E-state index contributed by atoms with van der Waals surface area (Å²) in [6.07, 6.45) is 3.39. The molecule has 1 aliphatic rings. The zero-order valence-corrected chi connectivity index (χ0v) is 14.1. The molecule has 7 nitrogen and oxygen atoms in total. The Kier molecular flexibility index (Phi) is 6.80. The monoisotopic (exact) mass is 349 g/mol. The summed E-state index contributed by atoms with van der Waals surface area (Å²) in [7, 11) is 0. The lowest BCUT2D eigenvalue weighted by molar-refractivity contribution is -0.138. The predicted octanol–water partition coefficient (Wildman–Crippen LogP) is 2.26. The van der Waals surface area contributed by atoms with Crippen molar-refractivity contribution in [3.05, 3.63) is 29.8 Å². The van der Waals surface area contributed by atoms with Crippen LogP contribution >= 0.6 is 11.8 Å². The number of aliphatic carboxylic acids is 1. The van der Waals surface area contributed by atoms with E-state index in [1.807, 2.05) is 24.3 Å². The first kappa shape index (κ1) is 18.0. The van der Waals surface area contributed by atoms with Crippen LogP contribution in [0, 0.1) is 0 Å². The first-order valence-electron chi connectivity index (χ1n) is 7.61. The predicted molar refractivity (Wildman–Crippen MR) is 93.6 cm³/mol. The number of nitrogens with zero attached hydrogens (tertiary/aromatic N) is 2. The quantitative estimate of drug-likeness (QED) is 0.426. The van der Waals surface area contributed by atoms with Crippen LogP contribution in [-0.2, 0) is 9.59 Å². The number of rotatable bonds is 8. The lowest BCUT2D eigenvalue weighted by Gasteiger charge is -2.05. The topological polar surface area (TPSA) is 100 Å². The number of amides is 1. The molecule has 0 saturated carbocycles. The molecular formula is C16H19N3O4S. The number of ether oxygens (including phenoxy) is 1. The van der Waals surface area contributed by atoms with E-state index in [4.69, 9.17) is 9.84 Å². The Labute approximate surface area is 144 Å². The van der Waals surface area contributed by atoms with Gasteiger partial charge in [0.25, 0.3) is 0 Å². The van der Waals surface area contributed by atoms with Gasteiger partial charge in [0.2, 0.25) is 5.91 Å². The Morgan fingerprint density at radius 2 is 2.33 bits per heavy atom. The SMILES string of the molecule is CCCCOc1cccc(C=NN=C2NC(=O)C(CC(=O)O)S2)c1. The van der Waals surface area contributed by atoms with E-state index in [0.29, 0.717) is 11.8 Å². The lowest BCUT2D eigenvalue weighted by Crippen LogP contribution is -2.26. The standard InChI is InChI=1S/C16H19N3O4S/c1-2-3-7-23-12-6-4-5-11(8-12)10-17-19-16-18-15(22)13(24-16)9-14(20)21/h4-6,8,10,13H,2-3,7,9H2,1H3,(H,20,21)(H,18,19,22). The van der Waals surface area contributed by atoms with Crippen molar-refractivity contribution in [2.45, 2.75) is 31.4 Å². The highest BCUT2D eigenvalue weighted by atomic mass is 32.2. The van der Waals surface area contributed by atoms with Crippen molar-refractivity contribution in [1.82, 2.24) is 5.32 Å². The summed E-state index contributed by atoms with van der Waals surface area (Å²) in [6, 6.07) is 7.46. The van der Waals surface area contributed by atoms with Gasteiger partial charge in [-0.2, -0.15) is 5.10 Å². The highest BCUT2D eigenvalue weighted by Crippen LogP contribution is 2.22. The highest BCUT2D eigenvalue weighted by Gasteiger charge is 2.32. The van der Waals surface area contributed by atoms with E-state index < -0.39 is 11.2 Å². The van der Waals surface area contributed by atoms with E-state index in [-0.39, 0.29) is 12.3 Å². The molecule has 1 saturated heterocycles. The normalized spacial score (nSPS) is 19.0. The third-order valence-electron chi connectivity index (χ3n) is 3.12. The molecule has 128 valence electrons. The first-order chi connectivity index (χ1) is 11.6. The second kappa shape index (κ2) is 9.07. The van der Waals surface area contributed by atoms with Crippen molar-refractivity contribution in [3.8, 4) is 5.75 Å². The summed E-state index contributed by atoms with van der Waals surface area (Å²) in [5, 5.41) is 18.7. The van der Waals surface area contributed by atoms with E-state index in [1.165, 1.54) is 0 Å². The fourth-order valence-corrected chi connectivity index (χ4v) is 2.83. The van der Waals surface area contributed by atoms with Crippen LogP contribution in [0.2, 0.25) is 0 Å². The summed E-state index contributed by atoms with van der Waals surface area (Å²) >= 11 is 1.07. The number of carbonyl (C=O) groups is 2. The zero-order chi connectivity index (χ0) is 17.4. The van der Waals surface area contributed by atoms with Gasteiger partial charge in [-0.1, -0.05) is 37.2 Å². The largest absolute Gasteiger partial charge is 0.494 e. The molecule has 1 heterocycles. The van der Waals surface area contributed by atoms with Gasteiger partial charge in [0, 0.05) is 0 Å². The Hall–Kier alpha value is -2.35. The molecule has 0 spiro atoms. The molecule has 1 fully saturated rings. The number of unbranched alkanes of at least 4 members (excludes halogenated alkanes) is 1. The van der Waals surface area contributed by atoms with Crippen molar-refractivity contribution in [1.29, 1.82) is 0 Å². The maximum Gasteiger partial charge on any atom is 0.305 e. The van der Waals surface area contributed by atoms with E-state index in [9.17, 15) is 9.59 Å². The average molecular weight is 349 g/mol. The van der Waals surface area contributed by atoms with Crippen molar-refractivity contribution < 1.29 is 19.4 Å². The molecule has 24 heavy (non-hydrogen) atoms. The molecule has 1 aliphatic heterocycles. The zero-order valence-electron chi connectivity index (χ0n) is 13.3. The van der Waals surface area contributed by atoms with Crippen LogP contribution in [0.4, 0.5) is 0 Å². The molecule has 1 aromatic carbocycles. The van der Waals surface area contributed by atoms with Gasteiger partial charge in [-0.3, -0.25) is 9.59 Å². The minimum absolute atomic E-state index is 0.240. The number of carboxylic acids is 1. The minimum Gasteiger partial charge on any atom is -0.494 e. The second-order valence-electron chi connectivity index (χ2n) is 5.12. The van der Waals surface area contributed by atoms with Crippen LogP contribution in [-0.4, -0.2) is 40.2 Å². The van der Waals surface area contributed by atoms with Crippen molar-refractivity contribution in [2.24, 2.45) is 10.2 Å². The van der Waals surface area contributed by atoms with Gasteiger partial charge in [-0.05, 0) is 24.1 Å². The maximum absolute atomic E-state index is 11.6. The summed E-state index contributed by atoms with van der Waals surface area (Å²) in [5.74, 6) is -0.611. The Morgan fingerprint density at radius 3 is 3.08 bits per heavy atom. The third-order valence-corrected chi connectivity index (χ3v) is 4.19. The van der Waals surface area contributed by atoms with E-state index in [1.54, 1.807) is 6.21 Å². The van der Waals surface area contributed by atoms with Crippen molar-refractivity contribution >= 4 is 35.0 Å². The van der Waals surface area contributed by atoms with Crippen molar-refractivity contribution in [3.63, 3.8) is 0 Å². The smallest absolute Gasteiger partial charge is 0.305 e. The van der Waals surface area contributed by atoms with E-state index >= 15 is 0 Å². The van der Waals surface area contributed by atoms with E-state index in [0.717, 1.165) is 35.9 Å². The molecule has 0 aromatic heterocycles. The Bertz CT molecular complexity index is 660. The second-order valence-corrected chi connectivity index (χ2v) is 6.31. The molecule has 1 amide bonds. The molecule has 2 N–H and O–H groups in total. The summed E-state index contributed by atoms with van der Waals surface area (Å²) in [5.41, 5.74) is 0.824. The maximum atomic E-state index is 11.6. The first-order valence-corrected chi connectivity index (χ1v) is 8.49. The number of nitrogens with one attached hydrogen (secondary N) is 1. The summed E-state index contributed by atoms with van der Waals surface area (Å²) in [6.45, 7) is 2.78. The molecular weight excluding hydrogens is 330 g/mol. The number of thioether (sulfide) groups is 1. The fraction of sp³-hybridized carbons (Fsp3) is 0.375. The number of carbonyl (C=O) groups excluding carboxylic acids is 1. The number of amidine groups is 1. The Balaban J connectivity index is 1.93. The highest BCUT2D eigenvalue weighted by molar-refractivity contribution is 8.15. The van der Waals surface area contributed by atoms with Crippen LogP contribution in [0.3, 0.4) is 0 Å². The summed E-state index contributed by atoms with van der Waals surface area (Å²) < 4.78 is 5.62.